The summed E-state index contributed by atoms with van der Waals surface area (Å²) in [5.74, 6) is 1.13. The van der Waals surface area contributed by atoms with E-state index in [4.69, 9.17) is 4.74 Å². The van der Waals surface area contributed by atoms with Gasteiger partial charge in [-0.25, -0.2) is 13.9 Å². The van der Waals surface area contributed by atoms with E-state index in [0.29, 0.717) is 54.7 Å². The van der Waals surface area contributed by atoms with Crippen LogP contribution in [0.25, 0.3) is 5.69 Å². The van der Waals surface area contributed by atoms with Gasteiger partial charge in [0.05, 0.1) is 11.3 Å². The van der Waals surface area contributed by atoms with E-state index < -0.39 is 5.60 Å². The molecule has 0 spiro atoms. The molecule has 7 nitrogen and oxygen atoms in total. The molecular weight excluding hydrogens is 447 g/mol. The lowest BCUT2D eigenvalue weighted by molar-refractivity contribution is -0.0309. The summed E-state index contributed by atoms with van der Waals surface area (Å²) in [7, 11) is 0. The summed E-state index contributed by atoms with van der Waals surface area (Å²) in [4.78, 5) is 14.8. The second-order valence-electron chi connectivity index (χ2n) is 9.25. The van der Waals surface area contributed by atoms with Crippen LogP contribution in [0.3, 0.4) is 0 Å². The maximum absolute atomic E-state index is 13.3. The van der Waals surface area contributed by atoms with E-state index in [-0.39, 0.29) is 11.8 Å². The van der Waals surface area contributed by atoms with Crippen LogP contribution in [0.4, 0.5) is 14.9 Å². The lowest BCUT2D eigenvalue weighted by Gasteiger charge is -2.39. The third kappa shape index (κ3) is 6.39. The van der Waals surface area contributed by atoms with Gasteiger partial charge in [0.2, 0.25) is 0 Å². The molecule has 4 rings (SSSR count). The van der Waals surface area contributed by atoms with Crippen molar-refractivity contribution in [1.29, 1.82) is 0 Å². The van der Waals surface area contributed by atoms with Gasteiger partial charge in [-0.3, -0.25) is 0 Å². The summed E-state index contributed by atoms with van der Waals surface area (Å²) in [6.45, 7) is 5.32. The zero-order valence-electron chi connectivity index (χ0n) is 20.3. The number of amides is 2. The van der Waals surface area contributed by atoms with Crippen molar-refractivity contribution in [2.24, 2.45) is 5.92 Å². The third-order valence-electron chi connectivity index (χ3n) is 6.77. The number of aromatic nitrogens is 2. The quantitative estimate of drug-likeness (QED) is 0.415. The maximum Gasteiger partial charge on any atom is 0.321 e. The number of nitrogens with one attached hydrogen (secondary N) is 1. The smallest absolute Gasteiger partial charge is 0.321 e. The lowest BCUT2D eigenvalue weighted by Crippen LogP contribution is -2.48. The monoisotopic (exact) mass is 480 g/mol. The molecule has 2 aromatic carbocycles. The second kappa shape index (κ2) is 10.9. The number of likely N-dealkylation sites (tertiary alicyclic amines) is 1. The van der Waals surface area contributed by atoms with Crippen molar-refractivity contribution in [2.75, 3.05) is 18.4 Å². The molecule has 2 heterocycles. The van der Waals surface area contributed by atoms with Crippen LogP contribution < -0.4 is 10.1 Å². The molecule has 2 N–H and O–H groups in total. The lowest BCUT2D eigenvalue weighted by atomic mass is 9.81. The molecule has 0 unspecified atom stereocenters. The number of urea groups is 1. The average molecular weight is 481 g/mol. The number of benzene rings is 2. The van der Waals surface area contributed by atoms with Crippen molar-refractivity contribution in [3.05, 3.63) is 66.7 Å². The van der Waals surface area contributed by atoms with Crippen LogP contribution in [-0.4, -0.2) is 44.5 Å². The standard InChI is InChI=1S/C27H33FN4O3/c1-3-20(4-2)19-27(34)10-14-31(15-11-27)26(33)30-22-16-23(32-13-5-12-29-32)18-25(17-22)35-24-8-6-21(28)7-9-24/h5-9,12-13,16-18,20,34H,3-4,10-11,14-15,19H2,1-2H3,(H,30,33). The van der Waals surface area contributed by atoms with E-state index in [1.165, 1.54) is 12.1 Å². The summed E-state index contributed by atoms with van der Waals surface area (Å²) < 4.78 is 20.9. The van der Waals surface area contributed by atoms with Crippen LogP contribution in [-0.2, 0) is 0 Å². The number of aliphatic hydroxyl groups is 1. The molecular formula is C27H33FN4O3. The Labute approximate surface area is 205 Å². The van der Waals surface area contributed by atoms with Crippen LogP contribution in [0.1, 0.15) is 46.0 Å². The highest BCUT2D eigenvalue weighted by Crippen LogP contribution is 2.32. The molecule has 1 fully saturated rings. The van der Waals surface area contributed by atoms with Gasteiger partial charge in [-0.05, 0) is 61.6 Å². The number of ether oxygens (including phenoxy) is 1. The first-order chi connectivity index (χ1) is 16.9. The van der Waals surface area contributed by atoms with E-state index >= 15 is 0 Å². The fraction of sp³-hybridized carbons (Fsp3) is 0.407. The fourth-order valence-corrected chi connectivity index (χ4v) is 4.55. The van der Waals surface area contributed by atoms with Crippen molar-refractivity contribution in [3.8, 4) is 17.2 Å². The normalized spacial score (nSPS) is 15.3. The third-order valence-corrected chi connectivity index (χ3v) is 6.77. The highest BCUT2D eigenvalue weighted by molar-refractivity contribution is 5.90. The fourth-order valence-electron chi connectivity index (χ4n) is 4.55. The van der Waals surface area contributed by atoms with Gasteiger partial charge in [0, 0.05) is 43.3 Å². The van der Waals surface area contributed by atoms with E-state index in [0.717, 1.165) is 19.3 Å². The van der Waals surface area contributed by atoms with Crippen LogP contribution in [0, 0.1) is 11.7 Å². The van der Waals surface area contributed by atoms with Crippen LogP contribution in [0.2, 0.25) is 0 Å². The Morgan fingerprint density at radius 3 is 2.49 bits per heavy atom. The van der Waals surface area contributed by atoms with Crippen LogP contribution in [0.5, 0.6) is 11.5 Å². The summed E-state index contributed by atoms with van der Waals surface area (Å²) in [6, 6.07) is 12.7. The van der Waals surface area contributed by atoms with Crippen molar-refractivity contribution in [3.63, 3.8) is 0 Å². The molecule has 0 radical (unpaired) electrons. The van der Waals surface area contributed by atoms with Gasteiger partial charge >= 0.3 is 6.03 Å². The minimum atomic E-state index is -0.705. The SMILES string of the molecule is CCC(CC)CC1(O)CCN(C(=O)Nc2cc(Oc3ccc(F)cc3)cc(-n3cccn3)c2)CC1. The summed E-state index contributed by atoms with van der Waals surface area (Å²) in [6.07, 6.45) is 7.50. The number of carbonyl (C=O) groups is 1. The highest BCUT2D eigenvalue weighted by atomic mass is 19.1. The Hall–Kier alpha value is -3.39. The first-order valence-corrected chi connectivity index (χ1v) is 12.2. The summed E-state index contributed by atoms with van der Waals surface area (Å²) in [5.41, 5.74) is 0.560. The molecule has 0 aliphatic carbocycles. The molecule has 0 bridgehead atoms. The molecule has 8 heteroatoms. The van der Waals surface area contributed by atoms with Gasteiger partial charge in [0.25, 0.3) is 0 Å². The average Bonchev–Trinajstić information content (AvgIpc) is 3.39. The molecule has 0 atom stereocenters. The van der Waals surface area contributed by atoms with Crippen molar-refractivity contribution in [2.45, 2.75) is 51.6 Å². The van der Waals surface area contributed by atoms with Gasteiger partial charge in [-0.15, -0.1) is 0 Å². The first kappa shape index (κ1) is 24.7. The minimum absolute atomic E-state index is 0.222. The molecule has 3 aromatic rings. The van der Waals surface area contributed by atoms with Gasteiger partial charge in [-0.1, -0.05) is 26.7 Å². The van der Waals surface area contributed by atoms with E-state index in [1.807, 2.05) is 12.1 Å². The Bertz CT molecular complexity index is 1110. The molecule has 35 heavy (non-hydrogen) atoms. The number of nitrogens with zero attached hydrogens (tertiary/aromatic N) is 3. The molecule has 186 valence electrons. The highest BCUT2D eigenvalue weighted by Gasteiger charge is 2.35. The number of piperidine rings is 1. The minimum Gasteiger partial charge on any atom is -0.457 e. The Morgan fingerprint density at radius 2 is 1.86 bits per heavy atom. The number of hydrogen-bond acceptors (Lipinski definition) is 4. The van der Waals surface area contributed by atoms with Gasteiger partial charge in [0.15, 0.2) is 0 Å². The number of carbonyl (C=O) groups excluding carboxylic acids is 1. The van der Waals surface area contributed by atoms with Crippen molar-refractivity contribution in [1.82, 2.24) is 14.7 Å². The number of rotatable bonds is 8. The van der Waals surface area contributed by atoms with Crippen molar-refractivity contribution >= 4 is 11.7 Å². The summed E-state index contributed by atoms with van der Waals surface area (Å²) in [5, 5.41) is 18.3. The van der Waals surface area contributed by atoms with Crippen LogP contribution >= 0.6 is 0 Å². The predicted octanol–water partition coefficient (Wildman–Crippen LogP) is 5.99. The van der Waals surface area contributed by atoms with E-state index in [1.54, 1.807) is 46.2 Å². The molecule has 1 saturated heterocycles. The predicted molar refractivity (Wildman–Crippen MR) is 134 cm³/mol. The second-order valence-corrected chi connectivity index (χ2v) is 9.25. The van der Waals surface area contributed by atoms with Gasteiger partial charge < -0.3 is 20.1 Å². The molecule has 1 aliphatic heterocycles. The largest absolute Gasteiger partial charge is 0.457 e. The van der Waals surface area contributed by atoms with Gasteiger partial charge in [-0.2, -0.15) is 5.10 Å². The Kier molecular flexibility index (Phi) is 7.70. The zero-order chi connectivity index (χ0) is 24.8. The van der Waals surface area contributed by atoms with E-state index in [9.17, 15) is 14.3 Å². The zero-order valence-corrected chi connectivity index (χ0v) is 20.3. The molecule has 2 amide bonds. The molecule has 1 aliphatic rings. The van der Waals surface area contributed by atoms with Crippen molar-refractivity contribution < 1.29 is 19.0 Å². The topological polar surface area (TPSA) is 79.6 Å². The number of anilines is 1. The maximum atomic E-state index is 13.3. The summed E-state index contributed by atoms with van der Waals surface area (Å²) >= 11 is 0. The Morgan fingerprint density at radius 1 is 1.14 bits per heavy atom. The number of hydrogen-bond donors (Lipinski definition) is 2. The van der Waals surface area contributed by atoms with Crippen LogP contribution in [0.15, 0.2) is 60.9 Å². The first-order valence-electron chi connectivity index (χ1n) is 12.2. The number of halogens is 1. The van der Waals surface area contributed by atoms with Gasteiger partial charge in [0.1, 0.15) is 17.3 Å². The Balaban J connectivity index is 1.46. The van der Waals surface area contributed by atoms with E-state index in [2.05, 4.69) is 24.3 Å². The molecule has 1 aromatic heterocycles. The molecule has 0 saturated carbocycles.